The SMILES string of the molecule is CCOC(=O)CNC(=O)[C@@H](NC(=O)N[C@H]1[C@H](OC)O[C@H](COC(C)=O)[C@@H](OC(C)=O)[C@@H]1OC(C)=O)C(C)C. The Morgan fingerprint density at radius 3 is 2.00 bits per heavy atom. The Morgan fingerprint density at radius 1 is 0.895 bits per heavy atom. The number of amides is 3. The minimum Gasteiger partial charge on any atom is -0.465 e. The molecule has 3 amide bonds. The first-order valence-electron chi connectivity index (χ1n) is 12.0. The van der Waals surface area contributed by atoms with Crippen LogP contribution in [0.1, 0.15) is 41.5 Å². The Morgan fingerprint density at radius 2 is 1.50 bits per heavy atom. The molecule has 1 rings (SSSR count). The molecule has 1 heterocycles. The van der Waals surface area contributed by atoms with Gasteiger partial charge in [-0.15, -0.1) is 0 Å². The van der Waals surface area contributed by atoms with E-state index in [0.717, 1.165) is 13.8 Å². The molecule has 38 heavy (non-hydrogen) atoms. The van der Waals surface area contributed by atoms with Crippen LogP contribution in [-0.4, -0.2) is 99.4 Å². The van der Waals surface area contributed by atoms with Gasteiger partial charge in [-0.2, -0.15) is 0 Å². The van der Waals surface area contributed by atoms with Gasteiger partial charge in [-0.25, -0.2) is 4.79 Å². The van der Waals surface area contributed by atoms with Crippen LogP contribution in [0.15, 0.2) is 0 Å². The third-order valence-corrected chi connectivity index (χ3v) is 5.18. The summed E-state index contributed by atoms with van der Waals surface area (Å²) in [6, 6.07) is -3.16. The van der Waals surface area contributed by atoms with Crippen LogP contribution in [0.2, 0.25) is 0 Å². The smallest absolute Gasteiger partial charge is 0.325 e. The molecular weight excluding hydrogens is 510 g/mol. The molecule has 0 unspecified atom stereocenters. The van der Waals surface area contributed by atoms with Crippen molar-refractivity contribution in [3.63, 3.8) is 0 Å². The number of nitrogens with one attached hydrogen (secondary N) is 3. The molecule has 6 atom stereocenters. The molecule has 15 heteroatoms. The van der Waals surface area contributed by atoms with Crippen LogP contribution < -0.4 is 16.0 Å². The summed E-state index contributed by atoms with van der Waals surface area (Å²) in [6.07, 6.45) is -4.96. The second-order valence-electron chi connectivity index (χ2n) is 8.62. The van der Waals surface area contributed by atoms with E-state index >= 15 is 0 Å². The first kappa shape index (κ1) is 32.6. The highest BCUT2D eigenvalue weighted by Gasteiger charge is 2.51. The van der Waals surface area contributed by atoms with Crippen LogP contribution in [0.5, 0.6) is 0 Å². The van der Waals surface area contributed by atoms with E-state index in [-0.39, 0.29) is 19.8 Å². The van der Waals surface area contributed by atoms with Crippen molar-refractivity contribution < 1.29 is 57.2 Å². The number of rotatable bonds is 12. The summed E-state index contributed by atoms with van der Waals surface area (Å²) >= 11 is 0. The highest BCUT2D eigenvalue weighted by molar-refractivity contribution is 5.89. The highest BCUT2D eigenvalue weighted by atomic mass is 16.7. The summed E-state index contributed by atoms with van der Waals surface area (Å²) in [5.41, 5.74) is 0. The van der Waals surface area contributed by atoms with Gasteiger partial charge in [-0.05, 0) is 12.8 Å². The largest absolute Gasteiger partial charge is 0.465 e. The van der Waals surface area contributed by atoms with E-state index in [0.29, 0.717) is 0 Å². The van der Waals surface area contributed by atoms with E-state index in [2.05, 4.69) is 16.0 Å². The minimum atomic E-state index is -1.32. The molecule has 1 aliphatic heterocycles. The van der Waals surface area contributed by atoms with Crippen molar-refractivity contribution in [2.24, 2.45) is 5.92 Å². The van der Waals surface area contributed by atoms with Crippen LogP contribution in [0.3, 0.4) is 0 Å². The normalized spacial score (nSPS) is 23.4. The number of hydrogen-bond acceptors (Lipinski definition) is 12. The number of esters is 4. The van der Waals surface area contributed by atoms with Crippen molar-refractivity contribution in [2.75, 3.05) is 26.9 Å². The molecule has 216 valence electrons. The van der Waals surface area contributed by atoms with Crippen molar-refractivity contribution in [1.82, 2.24) is 16.0 Å². The fraction of sp³-hybridized carbons (Fsp3) is 0.739. The van der Waals surface area contributed by atoms with Crippen molar-refractivity contribution >= 4 is 35.8 Å². The zero-order chi connectivity index (χ0) is 29.0. The average molecular weight is 548 g/mol. The summed E-state index contributed by atoms with van der Waals surface area (Å²) in [6.45, 7) is 7.78. The first-order chi connectivity index (χ1) is 17.8. The number of methoxy groups -OCH3 is 1. The summed E-state index contributed by atoms with van der Waals surface area (Å²) in [4.78, 5) is 72.2. The first-order valence-corrected chi connectivity index (χ1v) is 12.0. The Labute approximate surface area is 220 Å². The lowest BCUT2D eigenvalue weighted by atomic mass is 9.96. The standard InChI is InChI=1S/C23H37N3O12/c1-8-34-16(30)9-24-21(31)17(11(2)3)25-23(32)26-18-20(37-14(6)29)19(36-13(5)28)15(10-35-12(4)27)38-22(18)33-7/h11,15,17-20,22H,8-10H2,1-7H3,(H,24,31)(H2,25,26,32)/t15-,17+,18-,19-,20-,22-/m1/s1. The summed E-state index contributed by atoms with van der Waals surface area (Å²) in [5.74, 6) is -3.81. The molecule has 0 spiro atoms. The molecule has 15 nitrogen and oxygen atoms in total. The second-order valence-corrected chi connectivity index (χ2v) is 8.62. The second kappa shape index (κ2) is 15.7. The number of carbonyl (C=O) groups is 6. The van der Waals surface area contributed by atoms with Crippen molar-refractivity contribution in [2.45, 2.75) is 78.2 Å². The summed E-state index contributed by atoms with van der Waals surface area (Å²) < 4.78 is 31.6. The van der Waals surface area contributed by atoms with Gasteiger partial charge in [0.15, 0.2) is 18.5 Å². The Hall–Kier alpha value is -3.46. The number of ether oxygens (including phenoxy) is 6. The molecule has 0 aliphatic carbocycles. The van der Waals surface area contributed by atoms with Gasteiger partial charge in [-0.1, -0.05) is 13.8 Å². The van der Waals surface area contributed by atoms with Crippen molar-refractivity contribution in [3.05, 3.63) is 0 Å². The monoisotopic (exact) mass is 547 g/mol. The lowest BCUT2D eigenvalue weighted by Crippen LogP contribution is -2.68. The van der Waals surface area contributed by atoms with Gasteiger partial charge in [0.2, 0.25) is 5.91 Å². The number of carbonyl (C=O) groups excluding carboxylic acids is 6. The topological polar surface area (TPSA) is 194 Å². The van der Waals surface area contributed by atoms with Gasteiger partial charge >= 0.3 is 29.9 Å². The summed E-state index contributed by atoms with van der Waals surface area (Å²) in [7, 11) is 1.26. The van der Waals surface area contributed by atoms with Crippen molar-refractivity contribution in [1.29, 1.82) is 0 Å². The molecule has 0 aromatic carbocycles. The maximum absolute atomic E-state index is 13.0. The molecular formula is C23H37N3O12. The third kappa shape index (κ3) is 10.5. The Balaban J connectivity index is 3.14. The number of hydrogen-bond donors (Lipinski definition) is 3. The molecule has 1 aliphatic rings. The fourth-order valence-electron chi connectivity index (χ4n) is 3.61. The maximum Gasteiger partial charge on any atom is 0.325 e. The zero-order valence-corrected chi connectivity index (χ0v) is 22.6. The van der Waals surface area contributed by atoms with Gasteiger partial charge in [0.05, 0.1) is 6.61 Å². The van der Waals surface area contributed by atoms with Crippen LogP contribution >= 0.6 is 0 Å². The van der Waals surface area contributed by atoms with E-state index in [1.54, 1.807) is 20.8 Å². The van der Waals surface area contributed by atoms with E-state index < -0.39 is 78.4 Å². The third-order valence-electron chi connectivity index (χ3n) is 5.18. The van der Waals surface area contributed by atoms with Crippen molar-refractivity contribution in [3.8, 4) is 0 Å². The summed E-state index contributed by atoms with van der Waals surface area (Å²) in [5, 5.41) is 7.44. The number of urea groups is 1. The van der Waals surface area contributed by atoms with Gasteiger partial charge in [0.1, 0.15) is 31.3 Å². The Kier molecular flexibility index (Phi) is 13.5. The molecule has 0 aromatic rings. The molecule has 3 N–H and O–H groups in total. The molecule has 0 aromatic heterocycles. The van der Waals surface area contributed by atoms with Gasteiger partial charge < -0.3 is 44.4 Å². The zero-order valence-electron chi connectivity index (χ0n) is 22.6. The maximum atomic E-state index is 13.0. The van der Waals surface area contributed by atoms with Crippen LogP contribution in [0, 0.1) is 5.92 Å². The van der Waals surface area contributed by atoms with Gasteiger partial charge in [-0.3, -0.25) is 24.0 Å². The lowest BCUT2D eigenvalue weighted by molar-refractivity contribution is -0.270. The predicted octanol–water partition coefficient (Wildman–Crippen LogP) is -0.844. The fourth-order valence-corrected chi connectivity index (χ4v) is 3.61. The molecule has 0 bridgehead atoms. The molecule has 1 saturated heterocycles. The van der Waals surface area contributed by atoms with Crippen LogP contribution in [0.25, 0.3) is 0 Å². The van der Waals surface area contributed by atoms with Crippen LogP contribution in [-0.2, 0) is 52.4 Å². The highest BCUT2D eigenvalue weighted by Crippen LogP contribution is 2.27. The van der Waals surface area contributed by atoms with E-state index in [1.807, 2.05) is 0 Å². The van der Waals surface area contributed by atoms with E-state index in [9.17, 15) is 28.8 Å². The quantitative estimate of drug-likeness (QED) is 0.203. The van der Waals surface area contributed by atoms with Crippen LogP contribution in [0.4, 0.5) is 4.79 Å². The Bertz CT molecular complexity index is 865. The average Bonchev–Trinajstić information content (AvgIpc) is 2.81. The molecule has 1 fully saturated rings. The van der Waals surface area contributed by atoms with E-state index in [1.165, 1.54) is 14.0 Å². The molecule has 0 saturated carbocycles. The van der Waals surface area contributed by atoms with Gasteiger partial charge in [0.25, 0.3) is 0 Å². The van der Waals surface area contributed by atoms with E-state index in [4.69, 9.17) is 28.4 Å². The minimum absolute atomic E-state index is 0.146. The molecule has 0 radical (unpaired) electrons. The lowest BCUT2D eigenvalue weighted by Gasteiger charge is -2.44. The predicted molar refractivity (Wildman–Crippen MR) is 127 cm³/mol. The van der Waals surface area contributed by atoms with Gasteiger partial charge in [0, 0.05) is 27.9 Å².